The highest BCUT2D eigenvalue weighted by Gasteiger charge is 2.04. The van der Waals surface area contributed by atoms with Gasteiger partial charge < -0.3 is 9.15 Å². The minimum absolute atomic E-state index is 0.118. The molecule has 0 bridgehead atoms. The van der Waals surface area contributed by atoms with Crippen molar-refractivity contribution in [1.82, 2.24) is 4.98 Å². The zero-order chi connectivity index (χ0) is 16.8. The molecule has 0 saturated carbocycles. The molecule has 0 atom stereocenters. The number of hydrogen-bond donors (Lipinski definition) is 0. The van der Waals surface area contributed by atoms with E-state index in [1.165, 1.54) is 12.3 Å². The molecule has 3 rings (SSSR count). The van der Waals surface area contributed by atoms with Crippen molar-refractivity contribution in [3.8, 4) is 5.75 Å². The van der Waals surface area contributed by atoms with Crippen molar-refractivity contribution >= 4 is 27.8 Å². The first kappa shape index (κ1) is 16.2. The van der Waals surface area contributed by atoms with E-state index in [4.69, 9.17) is 9.15 Å². The minimum atomic E-state index is -0.118. The number of rotatable bonds is 6. The lowest BCUT2D eigenvalue weighted by Gasteiger charge is -2.03. The molecular formula is C19H14BrNO3. The maximum absolute atomic E-state index is 12.0. The van der Waals surface area contributed by atoms with Crippen LogP contribution in [0.4, 0.5) is 0 Å². The fraction of sp³-hybridized carbons (Fsp3) is 0.0526. The summed E-state index contributed by atoms with van der Waals surface area (Å²) in [4.78, 5) is 15.9. The Bertz CT molecular complexity index is 839. The number of benzene rings is 1. The van der Waals surface area contributed by atoms with E-state index in [0.29, 0.717) is 23.7 Å². The van der Waals surface area contributed by atoms with Crippen LogP contribution in [0.25, 0.3) is 6.08 Å². The number of furan rings is 1. The number of hydrogen-bond acceptors (Lipinski definition) is 4. The Morgan fingerprint density at radius 1 is 1.17 bits per heavy atom. The van der Waals surface area contributed by atoms with Crippen molar-refractivity contribution in [2.24, 2.45) is 0 Å². The van der Waals surface area contributed by atoms with Crippen molar-refractivity contribution in [3.63, 3.8) is 0 Å². The highest BCUT2D eigenvalue weighted by Crippen LogP contribution is 2.18. The van der Waals surface area contributed by atoms with Crippen LogP contribution >= 0.6 is 15.9 Å². The summed E-state index contributed by atoms with van der Waals surface area (Å²) in [5, 5.41) is 0. The van der Waals surface area contributed by atoms with Crippen molar-refractivity contribution in [3.05, 3.63) is 88.6 Å². The Morgan fingerprint density at radius 2 is 2.00 bits per heavy atom. The molecule has 0 aliphatic carbocycles. The Morgan fingerprint density at radius 3 is 2.75 bits per heavy atom. The van der Waals surface area contributed by atoms with Gasteiger partial charge in [0.25, 0.3) is 0 Å². The highest BCUT2D eigenvalue weighted by atomic mass is 79.9. The van der Waals surface area contributed by atoms with Crippen LogP contribution in [-0.2, 0) is 6.61 Å². The predicted molar refractivity (Wildman–Crippen MR) is 94.8 cm³/mol. The lowest BCUT2D eigenvalue weighted by molar-refractivity contribution is 0.104. The van der Waals surface area contributed by atoms with Crippen LogP contribution in [0.15, 0.2) is 75.9 Å². The summed E-state index contributed by atoms with van der Waals surface area (Å²) < 4.78 is 12.3. The second-order valence-electron chi connectivity index (χ2n) is 4.99. The summed E-state index contributed by atoms with van der Waals surface area (Å²) in [6.45, 7) is 0.325. The zero-order valence-electron chi connectivity index (χ0n) is 12.7. The monoisotopic (exact) mass is 383 g/mol. The molecule has 120 valence electrons. The molecule has 2 heterocycles. The number of ether oxygens (including phenoxy) is 1. The smallest absolute Gasteiger partial charge is 0.187 e. The van der Waals surface area contributed by atoms with Crippen LogP contribution in [-0.4, -0.2) is 10.8 Å². The molecule has 0 radical (unpaired) electrons. The van der Waals surface area contributed by atoms with Gasteiger partial charge in [0.2, 0.25) is 0 Å². The molecule has 0 unspecified atom stereocenters. The molecule has 0 aliphatic rings. The van der Waals surface area contributed by atoms with Crippen molar-refractivity contribution < 1.29 is 13.9 Å². The second kappa shape index (κ2) is 7.75. The average Bonchev–Trinajstić information content (AvgIpc) is 3.08. The van der Waals surface area contributed by atoms with Crippen molar-refractivity contribution in [1.29, 1.82) is 0 Å². The number of halogens is 1. The molecule has 0 saturated heterocycles. The minimum Gasteiger partial charge on any atom is -0.486 e. The summed E-state index contributed by atoms with van der Waals surface area (Å²) in [5.74, 6) is 1.93. The van der Waals surface area contributed by atoms with Gasteiger partial charge in [0.15, 0.2) is 5.78 Å². The van der Waals surface area contributed by atoms with Gasteiger partial charge in [-0.05, 0) is 60.7 Å². The maximum Gasteiger partial charge on any atom is 0.187 e. The Kier molecular flexibility index (Phi) is 5.23. The summed E-state index contributed by atoms with van der Waals surface area (Å²) in [5.41, 5.74) is 0.541. The standard InChI is InChI=1S/C19H14BrNO3/c20-15-3-5-16(6-4-15)23-13-18-8-7-17(24-18)9-10-19(22)14-2-1-11-21-12-14/h1-12H,13H2/b10-9+. The van der Waals surface area contributed by atoms with Crippen LogP contribution in [0.5, 0.6) is 5.75 Å². The normalized spacial score (nSPS) is 10.9. The van der Waals surface area contributed by atoms with Gasteiger partial charge in [-0.1, -0.05) is 15.9 Å². The van der Waals surface area contributed by atoms with Gasteiger partial charge in [0.1, 0.15) is 23.9 Å². The van der Waals surface area contributed by atoms with Gasteiger partial charge in [0, 0.05) is 22.4 Å². The molecule has 3 aromatic rings. The number of allylic oxidation sites excluding steroid dienone is 1. The highest BCUT2D eigenvalue weighted by molar-refractivity contribution is 9.10. The van der Waals surface area contributed by atoms with E-state index in [9.17, 15) is 4.79 Å². The number of carbonyl (C=O) groups is 1. The van der Waals surface area contributed by atoms with E-state index >= 15 is 0 Å². The van der Waals surface area contributed by atoms with Gasteiger partial charge in [-0.15, -0.1) is 0 Å². The molecule has 2 aromatic heterocycles. The molecule has 0 amide bonds. The second-order valence-corrected chi connectivity index (χ2v) is 5.90. The molecule has 4 nitrogen and oxygen atoms in total. The van der Waals surface area contributed by atoms with Gasteiger partial charge in [-0.3, -0.25) is 9.78 Å². The largest absolute Gasteiger partial charge is 0.486 e. The van der Waals surface area contributed by atoms with Crippen LogP contribution in [0, 0.1) is 0 Å². The van der Waals surface area contributed by atoms with E-state index in [-0.39, 0.29) is 5.78 Å². The Hall–Kier alpha value is -2.66. The third-order valence-corrected chi connectivity index (χ3v) is 3.75. The van der Waals surface area contributed by atoms with Gasteiger partial charge in [-0.25, -0.2) is 0 Å². The van der Waals surface area contributed by atoms with Gasteiger partial charge in [0.05, 0.1) is 0 Å². The third kappa shape index (κ3) is 4.43. The first-order valence-corrected chi connectivity index (χ1v) is 8.09. The van der Waals surface area contributed by atoms with E-state index in [1.807, 2.05) is 30.3 Å². The summed E-state index contributed by atoms with van der Waals surface area (Å²) in [6.07, 6.45) is 6.27. The Balaban J connectivity index is 1.58. The topological polar surface area (TPSA) is 52.3 Å². The first-order chi connectivity index (χ1) is 11.7. The zero-order valence-corrected chi connectivity index (χ0v) is 14.3. The Labute approximate surface area is 147 Å². The van der Waals surface area contributed by atoms with Gasteiger partial charge >= 0.3 is 0 Å². The molecule has 0 aliphatic heterocycles. The lowest BCUT2D eigenvalue weighted by atomic mass is 10.2. The van der Waals surface area contributed by atoms with Crippen LogP contribution < -0.4 is 4.74 Å². The molecule has 5 heteroatoms. The molecule has 0 spiro atoms. The number of pyridine rings is 1. The number of ketones is 1. The SMILES string of the molecule is O=C(/C=C/c1ccc(COc2ccc(Br)cc2)o1)c1cccnc1. The maximum atomic E-state index is 12.0. The van der Waals surface area contributed by atoms with Crippen LogP contribution in [0.2, 0.25) is 0 Å². The fourth-order valence-electron chi connectivity index (χ4n) is 2.01. The van der Waals surface area contributed by atoms with Crippen LogP contribution in [0.1, 0.15) is 21.9 Å². The van der Waals surface area contributed by atoms with Crippen molar-refractivity contribution in [2.75, 3.05) is 0 Å². The van der Waals surface area contributed by atoms with Crippen LogP contribution in [0.3, 0.4) is 0 Å². The molecule has 24 heavy (non-hydrogen) atoms. The third-order valence-electron chi connectivity index (χ3n) is 3.22. The average molecular weight is 384 g/mol. The lowest BCUT2D eigenvalue weighted by Crippen LogP contribution is -1.94. The number of carbonyl (C=O) groups excluding carboxylic acids is 1. The summed E-state index contributed by atoms with van der Waals surface area (Å²) >= 11 is 3.38. The van der Waals surface area contributed by atoms with E-state index < -0.39 is 0 Å². The van der Waals surface area contributed by atoms with E-state index in [0.717, 1.165) is 10.2 Å². The van der Waals surface area contributed by atoms with E-state index in [1.54, 1.807) is 30.5 Å². The fourth-order valence-corrected chi connectivity index (χ4v) is 2.27. The summed E-state index contributed by atoms with van der Waals surface area (Å²) in [7, 11) is 0. The molecule has 0 N–H and O–H groups in total. The molecular weight excluding hydrogens is 370 g/mol. The van der Waals surface area contributed by atoms with Gasteiger partial charge in [-0.2, -0.15) is 0 Å². The first-order valence-electron chi connectivity index (χ1n) is 7.30. The molecule has 0 fully saturated rings. The quantitative estimate of drug-likeness (QED) is 0.448. The predicted octanol–water partition coefficient (Wildman–Crippen LogP) is 4.91. The number of nitrogens with zero attached hydrogens (tertiary/aromatic N) is 1. The number of aromatic nitrogens is 1. The van der Waals surface area contributed by atoms with Crippen molar-refractivity contribution in [2.45, 2.75) is 6.61 Å². The summed E-state index contributed by atoms with van der Waals surface area (Å²) in [6, 6.07) is 14.7. The van der Waals surface area contributed by atoms with E-state index in [2.05, 4.69) is 20.9 Å². The molecule has 1 aromatic carbocycles.